The van der Waals surface area contributed by atoms with Crippen molar-refractivity contribution in [3.63, 3.8) is 0 Å². The third kappa shape index (κ3) is 3.37. The Kier molecular flexibility index (Phi) is 5.14. The number of aromatic nitrogens is 1. The van der Waals surface area contributed by atoms with E-state index in [-0.39, 0.29) is 5.97 Å². The molecule has 1 aromatic heterocycles. The normalized spacial score (nSPS) is 10.3. The number of nitrogens with zero attached hydrogens (tertiary/aromatic N) is 1. The second-order valence-electron chi connectivity index (χ2n) is 3.95. The van der Waals surface area contributed by atoms with Crippen molar-refractivity contribution in [2.45, 2.75) is 13.3 Å². The number of ether oxygens (including phenoxy) is 2. The molecule has 2 aromatic rings. The van der Waals surface area contributed by atoms with Crippen LogP contribution in [0.25, 0.3) is 0 Å². The van der Waals surface area contributed by atoms with Crippen LogP contribution in [0.2, 0.25) is 0 Å². The zero-order valence-electron chi connectivity index (χ0n) is 11.2. The van der Waals surface area contributed by atoms with Gasteiger partial charge < -0.3 is 9.47 Å². The molecule has 0 aliphatic rings. The van der Waals surface area contributed by atoms with Gasteiger partial charge in [-0.3, -0.25) is 0 Å². The minimum absolute atomic E-state index is 0.333. The molecule has 0 aliphatic heterocycles. The molecule has 20 heavy (non-hydrogen) atoms. The van der Waals surface area contributed by atoms with Crippen LogP contribution < -0.4 is 4.74 Å². The molecule has 106 valence electrons. The Morgan fingerprint density at radius 1 is 1.40 bits per heavy atom. The minimum atomic E-state index is -0.333. The van der Waals surface area contributed by atoms with E-state index in [1.165, 1.54) is 11.3 Å². The lowest BCUT2D eigenvalue weighted by Crippen LogP contribution is -2.06. The smallest absolute Gasteiger partial charge is 0.350 e. The van der Waals surface area contributed by atoms with Crippen molar-refractivity contribution >= 4 is 33.2 Å². The molecule has 0 amide bonds. The van der Waals surface area contributed by atoms with Crippen molar-refractivity contribution < 1.29 is 14.3 Å². The molecule has 4 nitrogen and oxygen atoms in total. The highest BCUT2D eigenvalue weighted by Gasteiger charge is 2.19. The first-order valence-electron chi connectivity index (χ1n) is 6.10. The van der Waals surface area contributed by atoms with E-state index >= 15 is 0 Å². The van der Waals surface area contributed by atoms with Gasteiger partial charge in [0.05, 0.1) is 19.4 Å². The first kappa shape index (κ1) is 15.0. The topological polar surface area (TPSA) is 48.4 Å². The van der Waals surface area contributed by atoms with E-state index in [4.69, 9.17) is 9.47 Å². The minimum Gasteiger partial charge on any atom is -0.496 e. The van der Waals surface area contributed by atoms with Crippen molar-refractivity contribution in [3.8, 4) is 5.75 Å². The summed E-state index contributed by atoms with van der Waals surface area (Å²) in [6.45, 7) is 2.14. The summed E-state index contributed by atoms with van der Waals surface area (Å²) < 4.78 is 11.0. The van der Waals surface area contributed by atoms with Crippen LogP contribution >= 0.6 is 27.3 Å². The Balaban J connectivity index is 2.31. The fraction of sp³-hybridized carbons (Fsp3) is 0.286. The predicted octanol–water partition coefficient (Wildman–Crippen LogP) is 3.68. The van der Waals surface area contributed by atoms with E-state index in [2.05, 4.69) is 20.9 Å². The number of hydrogen-bond acceptors (Lipinski definition) is 5. The Hall–Kier alpha value is -1.40. The van der Waals surface area contributed by atoms with Gasteiger partial charge in [0.25, 0.3) is 0 Å². The lowest BCUT2D eigenvalue weighted by Gasteiger charge is -2.07. The molecule has 6 heteroatoms. The molecule has 0 saturated carbocycles. The summed E-state index contributed by atoms with van der Waals surface area (Å²) in [5.74, 6) is 0.451. The summed E-state index contributed by atoms with van der Waals surface area (Å²) in [5.41, 5.74) is 1.68. The number of rotatable bonds is 5. The molecule has 0 unspecified atom stereocenters. The van der Waals surface area contributed by atoms with Crippen LogP contribution in [-0.4, -0.2) is 24.7 Å². The van der Waals surface area contributed by atoms with E-state index in [1.807, 2.05) is 24.3 Å². The maximum absolute atomic E-state index is 11.9. The number of carbonyl (C=O) groups excluding carboxylic acids is 1. The summed E-state index contributed by atoms with van der Waals surface area (Å²) in [6.07, 6.45) is 0.528. The van der Waals surface area contributed by atoms with Gasteiger partial charge in [-0.1, -0.05) is 29.5 Å². The number of methoxy groups -OCH3 is 1. The molecule has 2 rings (SSSR count). The summed E-state index contributed by atoms with van der Waals surface area (Å²) in [6, 6.07) is 7.69. The van der Waals surface area contributed by atoms with E-state index in [9.17, 15) is 4.79 Å². The summed E-state index contributed by atoms with van der Waals surface area (Å²) >= 11 is 4.61. The largest absolute Gasteiger partial charge is 0.496 e. The fourth-order valence-electron chi connectivity index (χ4n) is 1.83. The van der Waals surface area contributed by atoms with Crippen LogP contribution in [-0.2, 0) is 11.2 Å². The molecule has 0 saturated heterocycles. The van der Waals surface area contributed by atoms with E-state index < -0.39 is 0 Å². The standard InChI is InChI=1S/C14H14BrNO3S/c1-3-19-13(17)12-10(16-14(15)20-12)8-9-6-4-5-7-11(9)18-2/h4-7H,3,8H2,1-2H3. The molecule has 0 radical (unpaired) electrons. The van der Waals surface area contributed by atoms with Gasteiger partial charge in [-0.05, 0) is 28.9 Å². The summed E-state index contributed by atoms with van der Waals surface area (Å²) in [4.78, 5) is 16.8. The zero-order valence-corrected chi connectivity index (χ0v) is 13.6. The Morgan fingerprint density at radius 3 is 2.85 bits per heavy atom. The van der Waals surface area contributed by atoms with Crippen molar-refractivity contribution in [3.05, 3.63) is 44.3 Å². The second kappa shape index (κ2) is 6.85. The maximum atomic E-state index is 11.9. The molecule has 0 fully saturated rings. The van der Waals surface area contributed by atoms with Gasteiger partial charge >= 0.3 is 5.97 Å². The van der Waals surface area contributed by atoms with Gasteiger partial charge in [0.15, 0.2) is 3.92 Å². The Morgan fingerprint density at radius 2 is 2.15 bits per heavy atom. The van der Waals surface area contributed by atoms with Gasteiger partial charge in [-0.25, -0.2) is 9.78 Å². The number of hydrogen-bond donors (Lipinski definition) is 0. The van der Waals surface area contributed by atoms with Crippen LogP contribution in [0.1, 0.15) is 27.9 Å². The van der Waals surface area contributed by atoms with Gasteiger partial charge in [0.1, 0.15) is 10.6 Å². The lowest BCUT2D eigenvalue weighted by molar-refractivity contribution is 0.0530. The highest BCUT2D eigenvalue weighted by Crippen LogP contribution is 2.28. The molecular formula is C14H14BrNO3S. The molecular weight excluding hydrogens is 342 g/mol. The summed E-state index contributed by atoms with van der Waals surface area (Å²) in [5, 5.41) is 0. The highest BCUT2D eigenvalue weighted by atomic mass is 79.9. The second-order valence-corrected chi connectivity index (χ2v) is 6.23. The summed E-state index contributed by atoms with van der Waals surface area (Å²) in [7, 11) is 1.63. The molecule has 0 bridgehead atoms. The van der Waals surface area contributed by atoms with Crippen LogP contribution in [0.4, 0.5) is 0 Å². The molecule has 1 heterocycles. The van der Waals surface area contributed by atoms with Crippen molar-refractivity contribution in [1.29, 1.82) is 0 Å². The fourth-order valence-corrected chi connectivity index (χ4v) is 3.23. The van der Waals surface area contributed by atoms with Gasteiger partial charge in [0.2, 0.25) is 0 Å². The number of para-hydroxylation sites is 1. The molecule has 1 aromatic carbocycles. The highest BCUT2D eigenvalue weighted by molar-refractivity contribution is 9.11. The van der Waals surface area contributed by atoms with Crippen LogP contribution in [0.15, 0.2) is 28.2 Å². The molecule has 0 N–H and O–H groups in total. The number of carbonyl (C=O) groups is 1. The Bertz CT molecular complexity index is 612. The third-order valence-electron chi connectivity index (χ3n) is 2.68. The van der Waals surface area contributed by atoms with Crippen molar-refractivity contribution in [2.24, 2.45) is 0 Å². The van der Waals surface area contributed by atoms with Gasteiger partial charge in [-0.15, -0.1) is 0 Å². The molecule has 0 spiro atoms. The monoisotopic (exact) mass is 355 g/mol. The van der Waals surface area contributed by atoms with E-state index in [1.54, 1.807) is 14.0 Å². The first-order valence-corrected chi connectivity index (χ1v) is 7.70. The molecule has 0 aliphatic carbocycles. The average molecular weight is 356 g/mol. The maximum Gasteiger partial charge on any atom is 0.350 e. The van der Waals surface area contributed by atoms with Crippen LogP contribution in [0, 0.1) is 0 Å². The lowest BCUT2D eigenvalue weighted by atomic mass is 10.1. The number of benzene rings is 1. The van der Waals surface area contributed by atoms with Gasteiger partial charge in [0, 0.05) is 12.0 Å². The Labute approximate surface area is 129 Å². The average Bonchev–Trinajstić information content (AvgIpc) is 2.80. The molecule has 0 atom stereocenters. The number of esters is 1. The quantitative estimate of drug-likeness (QED) is 0.767. The van der Waals surface area contributed by atoms with E-state index in [0.29, 0.717) is 27.5 Å². The van der Waals surface area contributed by atoms with Crippen LogP contribution in [0.3, 0.4) is 0 Å². The number of halogens is 1. The van der Waals surface area contributed by atoms with Crippen molar-refractivity contribution in [2.75, 3.05) is 13.7 Å². The van der Waals surface area contributed by atoms with Gasteiger partial charge in [-0.2, -0.15) is 0 Å². The van der Waals surface area contributed by atoms with Crippen molar-refractivity contribution in [1.82, 2.24) is 4.98 Å². The third-order valence-corrected chi connectivity index (χ3v) is 4.21. The SMILES string of the molecule is CCOC(=O)c1sc(Br)nc1Cc1ccccc1OC. The van der Waals surface area contributed by atoms with Crippen LogP contribution in [0.5, 0.6) is 5.75 Å². The van der Waals surface area contributed by atoms with E-state index in [0.717, 1.165) is 11.3 Å². The number of thiazole rings is 1. The first-order chi connectivity index (χ1) is 9.65. The predicted molar refractivity (Wildman–Crippen MR) is 81.6 cm³/mol. The zero-order chi connectivity index (χ0) is 14.5.